The van der Waals surface area contributed by atoms with Crippen LogP contribution in [0.5, 0.6) is 0 Å². The number of anilines is 2. The van der Waals surface area contributed by atoms with Crippen LogP contribution in [0.2, 0.25) is 0 Å². The first-order chi connectivity index (χ1) is 12.5. The van der Waals surface area contributed by atoms with E-state index < -0.39 is 0 Å². The van der Waals surface area contributed by atoms with E-state index in [4.69, 9.17) is 11.5 Å². The third-order valence-corrected chi connectivity index (χ3v) is 2.78. The van der Waals surface area contributed by atoms with Gasteiger partial charge in [-0.2, -0.15) is 0 Å². The summed E-state index contributed by atoms with van der Waals surface area (Å²) in [5, 5.41) is 0. The SMILES string of the molecule is CC.CC.CC=Nc1c(C)nc(N)[nH]c1=O.Nc1ncnc2c1N=CC2. The monoisotopic (exact) mass is 360 g/mol. The fraction of sp³-hybridized carbons (Fsp3) is 0.412. The highest BCUT2D eigenvalue weighted by Gasteiger charge is 2.10. The summed E-state index contributed by atoms with van der Waals surface area (Å²) in [6.07, 6.45) is 5.57. The second kappa shape index (κ2) is 12.3. The lowest BCUT2D eigenvalue weighted by Crippen LogP contribution is -2.12. The van der Waals surface area contributed by atoms with Crippen LogP contribution in [0, 0.1) is 6.92 Å². The average molecular weight is 360 g/mol. The molecule has 0 unspecified atom stereocenters. The molecule has 142 valence electrons. The molecular weight excluding hydrogens is 332 g/mol. The number of H-pyrrole nitrogens is 1. The molecule has 0 aliphatic carbocycles. The molecule has 0 atom stereocenters. The highest BCUT2D eigenvalue weighted by atomic mass is 16.1. The van der Waals surface area contributed by atoms with E-state index in [-0.39, 0.29) is 11.5 Å². The Morgan fingerprint density at radius 2 is 1.85 bits per heavy atom. The number of aryl methyl sites for hydroxylation is 1. The van der Waals surface area contributed by atoms with Gasteiger partial charge >= 0.3 is 0 Å². The highest BCUT2D eigenvalue weighted by molar-refractivity contribution is 5.79. The van der Waals surface area contributed by atoms with Crippen LogP contribution in [0.4, 0.5) is 23.1 Å². The van der Waals surface area contributed by atoms with E-state index in [2.05, 4.69) is 29.9 Å². The number of nitrogen functional groups attached to an aromatic ring is 2. The summed E-state index contributed by atoms with van der Waals surface area (Å²) in [5.74, 6) is 0.589. The molecule has 5 N–H and O–H groups in total. The number of nitrogens with one attached hydrogen (secondary N) is 1. The molecule has 1 aliphatic heterocycles. The third kappa shape index (κ3) is 6.42. The fourth-order valence-corrected chi connectivity index (χ4v) is 1.83. The van der Waals surface area contributed by atoms with Gasteiger partial charge in [0.1, 0.15) is 17.7 Å². The van der Waals surface area contributed by atoms with Crippen molar-refractivity contribution in [3.05, 3.63) is 28.1 Å². The first-order valence-electron chi connectivity index (χ1n) is 8.50. The van der Waals surface area contributed by atoms with Crippen LogP contribution in [-0.2, 0) is 6.42 Å². The van der Waals surface area contributed by atoms with Crippen molar-refractivity contribution in [3.63, 3.8) is 0 Å². The zero-order valence-corrected chi connectivity index (χ0v) is 16.2. The zero-order valence-electron chi connectivity index (χ0n) is 16.2. The first kappa shape index (κ1) is 22.9. The lowest BCUT2D eigenvalue weighted by molar-refractivity contribution is 1.07. The molecule has 9 heteroatoms. The highest BCUT2D eigenvalue weighted by Crippen LogP contribution is 2.25. The molecule has 2 aromatic heterocycles. The third-order valence-electron chi connectivity index (χ3n) is 2.78. The summed E-state index contributed by atoms with van der Waals surface area (Å²) in [4.78, 5) is 33.1. The quantitative estimate of drug-likeness (QED) is 0.666. The molecule has 3 heterocycles. The number of nitrogens with two attached hydrogens (primary N) is 2. The second-order valence-corrected chi connectivity index (χ2v) is 4.34. The molecule has 0 saturated carbocycles. The maximum absolute atomic E-state index is 11.2. The first-order valence-corrected chi connectivity index (χ1v) is 8.50. The molecular formula is C17H28N8O. The zero-order chi connectivity index (χ0) is 20.1. The van der Waals surface area contributed by atoms with Crippen molar-refractivity contribution in [2.45, 2.75) is 48.0 Å². The van der Waals surface area contributed by atoms with E-state index in [1.807, 2.05) is 27.7 Å². The summed E-state index contributed by atoms with van der Waals surface area (Å²) in [5.41, 5.74) is 13.0. The molecule has 0 spiro atoms. The molecule has 0 radical (unpaired) electrons. The Kier molecular flexibility index (Phi) is 10.8. The molecule has 0 bridgehead atoms. The molecule has 0 fully saturated rings. The second-order valence-electron chi connectivity index (χ2n) is 4.34. The summed E-state index contributed by atoms with van der Waals surface area (Å²) in [7, 11) is 0. The van der Waals surface area contributed by atoms with E-state index in [1.54, 1.807) is 20.1 Å². The molecule has 3 rings (SSSR count). The van der Waals surface area contributed by atoms with Gasteiger partial charge in [0.05, 0.1) is 11.4 Å². The molecule has 1 aliphatic rings. The van der Waals surface area contributed by atoms with Crippen molar-refractivity contribution in [2.75, 3.05) is 11.5 Å². The van der Waals surface area contributed by atoms with Gasteiger partial charge in [0.2, 0.25) is 5.95 Å². The van der Waals surface area contributed by atoms with E-state index in [0.29, 0.717) is 17.2 Å². The van der Waals surface area contributed by atoms with E-state index >= 15 is 0 Å². The summed E-state index contributed by atoms with van der Waals surface area (Å²) in [6.45, 7) is 11.4. The van der Waals surface area contributed by atoms with Crippen LogP contribution in [0.1, 0.15) is 46.0 Å². The number of aromatic nitrogens is 4. The normalized spacial score (nSPS) is 10.7. The van der Waals surface area contributed by atoms with Crippen LogP contribution >= 0.6 is 0 Å². The maximum atomic E-state index is 11.2. The minimum absolute atomic E-state index is 0.118. The number of rotatable bonds is 1. The van der Waals surface area contributed by atoms with Crippen LogP contribution in [0.3, 0.4) is 0 Å². The topological polar surface area (TPSA) is 148 Å². The number of fused-ring (bicyclic) bond motifs is 1. The predicted molar refractivity (Wildman–Crippen MR) is 109 cm³/mol. The number of hydrogen-bond acceptors (Lipinski definition) is 8. The minimum Gasteiger partial charge on any atom is -0.382 e. The smallest absolute Gasteiger partial charge is 0.278 e. The fourth-order valence-electron chi connectivity index (χ4n) is 1.83. The average Bonchev–Trinajstić information content (AvgIpc) is 3.12. The van der Waals surface area contributed by atoms with Gasteiger partial charge in [0, 0.05) is 18.9 Å². The van der Waals surface area contributed by atoms with Gasteiger partial charge in [-0.3, -0.25) is 19.8 Å². The predicted octanol–water partition coefficient (Wildman–Crippen LogP) is 2.75. The van der Waals surface area contributed by atoms with E-state index in [9.17, 15) is 4.79 Å². The molecule has 0 saturated heterocycles. The van der Waals surface area contributed by atoms with Crippen molar-refractivity contribution in [1.29, 1.82) is 0 Å². The van der Waals surface area contributed by atoms with Crippen molar-refractivity contribution >= 4 is 35.6 Å². The van der Waals surface area contributed by atoms with Gasteiger partial charge in [0.25, 0.3) is 5.56 Å². The number of aromatic amines is 1. The van der Waals surface area contributed by atoms with Crippen LogP contribution in [0.25, 0.3) is 0 Å². The van der Waals surface area contributed by atoms with Gasteiger partial charge in [-0.05, 0) is 13.8 Å². The Morgan fingerprint density at radius 3 is 2.38 bits per heavy atom. The standard InChI is InChI=1S/C7H10N4O.C6H6N4.2C2H6/c1-3-9-5-4(2)10-7(8)11-6(5)12;7-6-5-4(1-2-8-5)9-3-10-6;2*1-2/h3H,1-2H3,(H3,8,10,11,12);2-3H,1H2,(H2,7,9,10);2*1-2H3. The van der Waals surface area contributed by atoms with Crippen LogP contribution in [-0.4, -0.2) is 32.4 Å². The van der Waals surface area contributed by atoms with Crippen molar-refractivity contribution in [2.24, 2.45) is 9.98 Å². The number of aliphatic imine (C=N–C) groups is 2. The van der Waals surface area contributed by atoms with Crippen molar-refractivity contribution in [1.82, 2.24) is 19.9 Å². The van der Waals surface area contributed by atoms with E-state index in [1.165, 1.54) is 12.5 Å². The van der Waals surface area contributed by atoms with Gasteiger partial charge in [-0.15, -0.1) is 0 Å². The molecule has 0 aromatic carbocycles. The largest absolute Gasteiger partial charge is 0.382 e. The minimum atomic E-state index is -0.307. The summed E-state index contributed by atoms with van der Waals surface area (Å²) < 4.78 is 0. The van der Waals surface area contributed by atoms with Crippen molar-refractivity contribution in [3.8, 4) is 0 Å². The van der Waals surface area contributed by atoms with E-state index in [0.717, 1.165) is 17.8 Å². The molecule has 0 amide bonds. The summed E-state index contributed by atoms with van der Waals surface area (Å²) >= 11 is 0. The molecule has 2 aromatic rings. The Labute approximate surface area is 153 Å². The Balaban J connectivity index is 0.000000407. The van der Waals surface area contributed by atoms with Gasteiger partial charge in [-0.1, -0.05) is 27.7 Å². The summed E-state index contributed by atoms with van der Waals surface area (Å²) in [6, 6.07) is 0. The van der Waals surface area contributed by atoms with Gasteiger partial charge in [0.15, 0.2) is 5.82 Å². The maximum Gasteiger partial charge on any atom is 0.278 e. The Morgan fingerprint density at radius 1 is 1.19 bits per heavy atom. The number of hydrogen-bond donors (Lipinski definition) is 3. The molecule has 26 heavy (non-hydrogen) atoms. The number of nitrogens with zero attached hydrogens (tertiary/aromatic N) is 5. The lowest BCUT2D eigenvalue weighted by atomic mass is 10.3. The molecule has 9 nitrogen and oxygen atoms in total. The lowest BCUT2D eigenvalue weighted by Gasteiger charge is -1.98. The van der Waals surface area contributed by atoms with Crippen molar-refractivity contribution < 1.29 is 0 Å². The Bertz CT molecular complexity index is 796. The van der Waals surface area contributed by atoms with Crippen LogP contribution in [0.15, 0.2) is 21.1 Å². The van der Waals surface area contributed by atoms with Gasteiger partial charge in [-0.25, -0.2) is 15.0 Å². The Hall–Kier alpha value is -3.10. The van der Waals surface area contributed by atoms with Gasteiger partial charge < -0.3 is 11.5 Å². The van der Waals surface area contributed by atoms with Crippen LogP contribution < -0.4 is 17.0 Å².